The van der Waals surface area contributed by atoms with Gasteiger partial charge in [0.2, 0.25) is 5.51 Å². The van der Waals surface area contributed by atoms with Gasteiger partial charge >= 0.3 is 0 Å². The number of amides is 1. The normalized spacial score (nSPS) is 11.0. The van der Waals surface area contributed by atoms with Crippen molar-refractivity contribution in [3.63, 3.8) is 0 Å². The Morgan fingerprint density at radius 3 is 2.25 bits per heavy atom. The summed E-state index contributed by atoms with van der Waals surface area (Å²) in [5, 5.41) is 2.85. The van der Waals surface area contributed by atoms with E-state index in [1.165, 1.54) is 75.2 Å². The first-order valence-corrected chi connectivity index (χ1v) is 15.8. The molecule has 2 aromatic carbocycles. The summed E-state index contributed by atoms with van der Waals surface area (Å²) in [5.74, 6) is -0.270. The van der Waals surface area contributed by atoms with Crippen LogP contribution in [0.3, 0.4) is 0 Å². The van der Waals surface area contributed by atoms with Gasteiger partial charge in [0.05, 0.1) is 11.5 Å². The molecule has 0 aliphatic carbocycles. The third kappa shape index (κ3) is 12.5. The molecule has 1 amide bonds. The van der Waals surface area contributed by atoms with Crippen molar-refractivity contribution in [2.75, 3.05) is 18.5 Å². The van der Waals surface area contributed by atoms with Crippen LogP contribution in [0.15, 0.2) is 54.2 Å². The van der Waals surface area contributed by atoms with Gasteiger partial charge in [0.25, 0.3) is 5.91 Å². The highest BCUT2D eigenvalue weighted by Gasteiger charge is 2.10. The van der Waals surface area contributed by atoms with Crippen molar-refractivity contribution in [3.05, 3.63) is 70.4 Å². The number of nitrogens with one attached hydrogen (secondary N) is 1. The van der Waals surface area contributed by atoms with Crippen molar-refractivity contribution in [1.82, 2.24) is 0 Å². The van der Waals surface area contributed by atoms with Crippen LogP contribution in [0.1, 0.15) is 94.4 Å². The van der Waals surface area contributed by atoms with Crippen LogP contribution in [-0.4, -0.2) is 19.1 Å². The average Bonchev–Trinajstić information content (AvgIpc) is 3.35. The van der Waals surface area contributed by atoms with E-state index in [0.29, 0.717) is 18.0 Å². The molecule has 5 nitrogen and oxygen atoms in total. The SMILES string of the molecule is CCCCCCCCCCCCCCOc1ccc(OCC(=O)Nc2cccc(C[n+]3csc(C)c3)c2)cc1F. The molecule has 0 spiro atoms. The number of anilines is 1. The molecular formula is C33H46FN2O3S+. The van der Waals surface area contributed by atoms with E-state index in [2.05, 4.69) is 35.4 Å². The van der Waals surface area contributed by atoms with E-state index >= 15 is 0 Å². The molecule has 0 atom stereocenters. The maximum Gasteiger partial charge on any atom is 0.262 e. The predicted molar refractivity (Wildman–Crippen MR) is 162 cm³/mol. The number of unbranched alkanes of at least 4 members (excludes halogenated alkanes) is 11. The standard InChI is InChI=1S/C33H45FN2O3S/c1-3-4-5-6-7-8-9-10-11-12-13-14-20-38-32-19-18-30(22-31(32)34)39-25-33(37)35-29-17-15-16-28(21-29)24-36-23-27(2)40-26-36/h15-19,21-23,26H,3-14,20,24-25H2,1-2H3/p+1. The fourth-order valence-electron chi connectivity index (χ4n) is 4.65. The largest absolute Gasteiger partial charge is 0.491 e. The summed E-state index contributed by atoms with van der Waals surface area (Å²) in [5.41, 5.74) is 3.86. The van der Waals surface area contributed by atoms with Crippen LogP contribution in [0.5, 0.6) is 11.5 Å². The molecule has 0 fully saturated rings. The Morgan fingerprint density at radius 2 is 1.60 bits per heavy atom. The second-order valence-corrected chi connectivity index (χ2v) is 11.6. The summed E-state index contributed by atoms with van der Waals surface area (Å²) in [6.07, 6.45) is 17.4. The molecule has 0 saturated heterocycles. The second kappa shape index (κ2) is 18.4. The molecule has 0 saturated carbocycles. The zero-order chi connectivity index (χ0) is 28.4. The Kier molecular flexibility index (Phi) is 14.6. The Balaban J connectivity index is 1.27. The topological polar surface area (TPSA) is 51.4 Å². The Bertz CT molecular complexity index is 1150. The number of halogens is 1. The van der Waals surface area contributed by atoms with Crippen molar-refractivity contribution in [2.24, 2.45) is 0 Å². The van der Waals surface area contributed by atoms with E-state index in [1.54, 1.807) is 23.5 Å². The second-order valence-electron chi connectivity index (χ2n) is 10.5. The lowest BCUT2D eigenvalue weighted by Crippen LogP contribution is -2.30. The van der Waals surface area contributed by atoms with Gasteiger partial charge < -0.3 is 14.8 Å². The number of ether oxygens (including phenoxy) is 2. The zero-order valence-corrected chi connectivity index (χ0v) is 25.1. The fraction of sp³-hybridized carbons (Fsp3) is 0.515. The number of carbonyl (C=O) groups is 1. The van der Waals surface area contributed by atoms with Crippen molar-refractivity contribution < 1.29 is 23.2 Å². The summed E-state index contributed by atoms with van der Waals surface area (Å²) in [4.78, 5) is 13.6. The van der Waals surface area contributed by atoms with Gasteiger partial charge in [0, 0.05) is 17.3 Å². The third-order valence-electron chi connectivity index (χ3n) is 6.83. The van der Waals surface area contributed by atoms with Crippen LogP contribution in [0.4, 0.5) is 10.1 Å². The molecule has 1 aromatic heterocycles. The molecule has 218 valence electrons. The minimum atomic E-state index is -0.481. The predicted octanol–water partition coefficient (Wildman–Crippen LogP) is 8.63. The van der Waals surface area contributed by atoms with Crippen molar-refractivity contribution >= 4 is 22.9 Å². The van der Waals surface area contributed by atoms with Crippen LogP contribution < -0.4 is 19.4 Å². The van der Waals surface area contributed by atoms with Gasteiger partial charge in [-0.25, -0.2) is 4.39 Å². The molecule has 3 rings (SSSR count). The smallest absolute Gasteiger partial charge is 0.262 e. The lowest BCUT2D eigenvalue weighted by molar-refractivity contribution is -0.683. The molecular weight excluding hydrogens is 523 g/mol. The Labute approximate surface area is 243 Å². The first kappa shape index (κ1) is 31.6. The number of carbonyl (C=O) groups excluding carboxylic acids is 1. The van der Waals surface area contributed by atoms with Gasteiger partial charge in [-0.2, -0.15) is 4.57 Å². The van der Waals surface area contributed by atoms with Crippen LogP contribution in [0.25, 0.3) is 0 Å². The van der Waals surface area contributed by atoms with Gasteiger partial charge in [-0.1, -0.05) is 101 Å². The van der Waals surface area contributed by atoms with Gasteiger partial charge in [-0.15, -0.1) is 0 Å². The summed E-state index contributed by atoms with van der Waals surface area (Å²) < 4.78 is 27.8. The molecule has 1 N–H and O–H groups in total. The molecule has 3 aromatic rings. The summed E-state index contributed by atoms with van der Waals surface area (Å²) >= 11 is 1.70. The van der Waals surface area contributed by atoms with Crippen LogP contribution in [0.2, 0.25) is 0 Å². The highest BCUT2D eigenvalue weighted by Crippen LogP contribution is 2.23. The lowest BCUT2D eigenvalue weighted by atomic mass is 10.1. The van der Waals surface area contributed by atoms with Crippen LogP contribution >= 0.6 is 11.3 Å². The first-order chi connectivity index (χ1) is 19.5. The van der Waals surface area contributed by atoms with Gasteiger partial charge in [0.1, 0.15) is 5.75 Å². The molecule has 7 heteroatoms. The number of aryl methyl sites for hydroxylation is 1. The number of thiazole rings is 1. The first-order valence-electron chi connectivity index (χ1n) is 14.9. The maximum atomic E-state index is 14.5. The fourth-order valence-corrected chi connectivity index (χ4v) is 5.28. The quantitative estimate of drug-likeness (QED) is 0.109. The maximum absolute atomic E-state index is 14.5. The van der Waals surface area contributed by atoms with Crippen LogP contribution in [-0.2, 0) is 11.3 Å². The number of hydrogen-bond donors (Lipinski definition) is 1. The van der Waals surface area contributed by atoms with Crippen molar-refractivity contribution in [1.29, 1.82) is 0 Å². The molecule has 0 aliphatic heterocycles. The van der Waals surface area contributed by atoms with E-state index in [1.807, 2.05) is 24.3 Å². The highest BCUT2D eigenvalue weighted by atomic mass is 32.1. The number of nitrogens with zero attached hydrogens (tertiary/aromatic N) is 1. The van der Waals surface area contributed by atoms with Crippen molar-refractivity contribution in [3.8, 4) is 11.5 Å². The lowest BCUT2D eigenvalue weighted by Gasteiger charge is -2.11. The molecule has 0 radical (unpaired) electrons. The minimum absolute atomic E-state index is 0.207. The summed E-state index contributed by atoms with van der Waals surface area (Å²) in [6, 6.07) is 12.2. The summed E-state index contributed by atoms with van der Waals surface area (Å²) in [6.45, 7) is 5.36. The van der Waals surface area contributed by atoms with E-state index in [9.17, 15) is 9.18 Å². The van der Waals surface area contributed by atoms with Crippen molar-refractivity contribution in [2.45, 2.75) is 97.4 Å². The number of hydrogen-bond acceptors (Lipinski definition) is 4. The zero-order valence-electron chi connectivity index (χ0n) is 24.3. The summed E-state index contributed by atoms with van der Waals surface area (Å²) in [7, 11) is 0. The molecule has 1 heterocycles. The average molecular weight is 570 g/mol. The Hall–Kier alpha value is -2.93. The van der Waals surface area contributed by atoms with Crippen LogP contribution in [0, 0.1) is 12.7 Å². The van der Waals surface area contributed by atoms with E-state index in [0.717, 1.165) is 24.9 Å². The molecule has 40 heavy (non-hydrogen) atoms. The Morgan fingerprint density at radius 1 is 0.900 bits per heavy atom. The molecule has 0 aliphatic rings. The third-order valence-corrected chi connectivity index (χ3v) is 7.68. The minimum Gasteiger partial charge on any atom is -0.491 e. The number of rotatable bonds is 20. The number of aromatic nitrogens is 1. The van der Waals surface area contributed by atoms with E-state index < -0.39 is 5.82 Å². The van der Waals surface area contributed by atoms with E-state index in [-0.39, 0.29) is 18.3 Å². The molecule has 0 bridgehead atoms. The van der Waals surface area contributed by atoms with Gasteiger partial charge in [-0.05, 0) is 37.6 Å². The monoisotopic (exact) mass is 569 g/mol. The molecule has 0 unspecified atom stereocenters. The van der Waals surface area contributed by atoms with Gasteiger partial charge in [0.15, 0.2) is 30.9 Å². The highest BCUT2D eigenvalue weighted by molar-refractivity contribution is 7.09. The van der Waals surface area contributed by atoms with E-state index in [4.69, 9.17) is 9.47 Å². The number of benzene rings is 2. The van der Waals surface area contributed by atoms with Gasteiger partial charge in [-0.3, -0.25) is 4.79 Å².